The summed E-state index contributed by atoms with van der Waals surface area (Å²) in [6, 6.07) is 6.67. The highest BCUT2D eigenvalue weighted by Crippen LogP contribution is 2.38. The second-order valence-corrected chi connectivity index (χ2v) is 11.0. The fourth-order valence-electron chi connectivity index (χ4n) is 5.45. The molecule has 3 aliphatic heterocycles. The lowest BCUT2D eigenvalue weighted by atomic mass is 10.1. The van der Waals surface area contributed by atoms with Crippen molar-refractivity contribution in [1.29, 1.82) is 5.26 Å². The number of nitriles is 1. The van der Waals surface area contributed by atoms with Crippen molar-refractivity contribution in [3.63, 3.8) is 0 Å². The van der Waals surface area contributed by atoms with E-state index in [0.29, 0.717) is 25.9 Å². The second kappa shape index (κ2) is 8.68. The first-order valence-electron chi connectivity index (χ1n) is 11.2. The monoisotopic (exact) mass is 474 g/mol. The second-order valence-electron chi connectivity index (χ2n) is 9.48. The Bertz CT molecular complexity index is 1090. The van der Waals surface area contributed by atoms with Gasteiger partial charge in [0.2, 0.25) is 21.8 Å². The summed E-state index contributed by atoms with van der Waals surface area (Å²) in [6.45, 7) is 5.36. The molecule has 6 atom stereocenters. The molecule has 3 aliphatic rings. The number of nitrogens with two attached hydrogens (primary N) is 2. The zero-order chi connectivity index (χ0) is 24.1. The lowest BCUT2D eigenvalue weighted by Crippen LogP contribution is -2.56. The number of benzene rings is 1. The molecule has 2 amide bonds. The van der Waals surface area contributed by atoms with Crippen LogP contribution in [0.5, 0.6) is 0 Å². The van der Waals surface area contributed by atoms with Crippen LogP contribution in [0.1, 0.15) is 38.3 Å². The number of carbonyl (C=O) groups excluding carboxylic acids is 2. The van der Waals surface area contributed by atoms with E-state index in [0.717, 1.165) is 5.56 Å². The van der Waals surface area contributed by atoms with Crippen LogP contribution in [0.4, 0.5) is 0 Å². The summed E-state index contributed by atoms with van der Waals surface area (Å²) < 4.78 is 23.0. The molecule has 0 radical (unpaired) electrons. The van der Waals surface area contributed by atoms with Gasteiger partial charge >= 0.3 is 0 Å². The third-order valence-corrected chi connectivity index (χ3v) is 8.04. The molecule has 10 nitrogen and oxygen atoms in total. The van der Waals surface area contributed by atoms with Gasteiger partial charge < -0.3 is 15.5 Å². The molecular weight excluding hydrogens is 444 g/mol. The maximum absolute atomic E-state index is 13.2. The lowest BCUT2D eigenvalue weighted by molar-refractivity contribution is -0.141. The van der Waals surface area contributed by atoms with Crippen molar-refractivity contribution < 1.29 is 18.0 Å². The van der Waals surface area contributed by atoms with Gasteiger partial charge in [-0.1, -0.05) is 19.1 Å². The zero-order valence-corrected chi connectivity index (χ0v) is 19.6. The number of nitrogens with zero attached hydrogens (tertiary/aromatic N) is 4. The number of likely N-dealkylation sites (tertiary alicyclic amines) is 3. The van der Waals surface area contributed by atoms with Crippen molar-refractivity contribution in [2.24, 2.45) is 16.8 Å². The van der Waals surface area contributed by atoms with Gasteiger partial charge in [0.1, 0.15) is 6.04 Å². The molecule has 178 valence electrons. The van der Waals surface area contributed by atoms with E-state index in [2.05, 4.69) is 6.07 Å². The fourth-order valence-corrected chi connectivity index (χ4v) is 5.97. The number of rotatable bonds is 6. The number of hydrogen-bond acceptors (Lipinski definition) is 7. The molecule has 4 unspecified atom stereocenters. The maximum Gasteiger partial charge on any atom is 0.241 e. The third-order valence-electron chi connectivity index (χ3n) is 7.11. The van der Waals surface area contributed by atoms with E-state index in [1.807, 2.05) is 23.6 Å². The normalized spacial score (nSPS) is 29.4. The Morgan fingerprint density at radius 2 is 1.91 bits per heavy atom. The molecule has 4 N–H and O–H groups in total. The van der Waals surface area contributed by atoms with Crippen LogP contribution in [-0.2, 0) is 19.6 Å². The highest BCUT2D eigenvalue weighted by Gasteiger charge is 2.51. The summed E-state index contributed by atoms with van der Waals surface area (Å²) in [6.07, 6.45) is 1.33. The number of carbonyl (C=O) groups is 2. The summed E-state index contributed by atoms with van der Waals surface area (Å²) in [7, 11) is -3.77. The highest BCUT2D eigenvalue weighted by molar-refractivity contribution is 7.89. The van der Waals surface area contributed by atoms with Gasteiger partial charge in [-0.25, -0.2) is 13.6 Å². The molecule has 0 aromatic heterocycles. The molecular formula is C22H30N6O4S. The maximum atomic E-state index is 13.2. The first-order chi connectivity index (χ1) is 15.5. The van der Waals surface area contributed by atoms with Gasteiger partial charge in [0.05, 0.1) is 29.1 Å². The highest BCUT2D eigenvalue weighted by atomic mass is 32.2. The largest absolute Gasteiger partial charge is 0.330 e. The molecule has 3 saturated heterocycles. The number of primary sulfonamides is 1. The Labute approximate surface area is 194 Å². The molecule has 1 aromatic rings. The van der Waals surface area contributed by atoms with Crippen molar-refractivity contribution in [3.8, 4) is 6.07 Å². The van der Waals surface area contributed by atoms with E-state index in [9.17, 15) is 23.3 Å². The Hall–Kier alpha value is -2.52. The van der Waals surface area contributed by atoms with E-state index >= 15 is 0 Å². The predicted octanol–water partition coefficient (Wildman–Crippen LogP) is -0.232. The van der Waals surface area contributed by atoms with Crippen LogP contribution in [-0.4, -0.2) is 78.7 Å². The summed E-state index contributed by atoms with van der Waals surface area (Å²) in [5.41, 5.74) is 7.05. The molecule has 3 fully saturated rings. The minimum absolute atomic E-state index is 0.00335. The SMILES string of the molecule is CC1CC(C#N)N(C(=O)C(N)CN2C[C@@H]3CC2C(=O)N3[C@@H](C)c2ccc(S(N)(=O)=O)cc2)C1. The standard InChI is InChI=1S/C22H30N6O4S/c1-13-7-16(9-23)27(10-13)21(29)19(24)12-26-11-17-8-20(26)22(30)28(17)14(2)15-3-5-18(6-4-15)33(25,31)32/h3-6,13-14,16-17,19-20H,7-8,10-12,24H2,1-2H3,(H2,25,31,32)/t13?,14-,16?,17-,19?,20?/m0/s1. The van der Waals surface area contributed by atoms with Gasteiger partial charge in [0.15, 0.2) is 0 Å². The zero-order valence-electron chi connectivity index (χ0n) is 18.8. The summed E-state index contributed by atoms with van der Waals surface area (Å²) in [5.74, 6) is 0.0177. The molecule has 4 rings (SSSR count). The number of fused-ring (bicyclic) bond motifs is 2. The molecule has 0 aliphatic carbocycles. The van der Waals surface area contributed by atoms with Crippen LogP contribution >= 0.6 is 0 Å². The van der Waals surface area contributed by atoms with Crippen LogP contribution in [0.2, 0.25) is 0 Å². The summed E-state index contributed by atoms with van der Waals surface area (Å²) in [5, 5.41) is 14.5. The molecule has 33 heavy (non-hydrogen) atoms. The van der Waals surface area contributed by atoms with Gasteiger partial charge in [0, 0.05) is 25.7 Å². The van der Waals surface area contributed by atoms with Gasteiger partial charge in [-0.3, -0.25) is 14.5 Å². The number of amides is 2. The topological polar surface area (TPSA) is 154 Å². The van der Waals surface area contributed by atoms with E-state index in [-0.39, 0.29) is 47.3 Å². The molecule has 0 saturated carbocycles. The minimum Gasteiger partial charge on any atom is -0.330 e. The predicted molar refractivity (Wildman–Crippen MR) is 120 cm³/mol. The first kappa shape index (κ1) is 23.6. The minimum atomic E-state index is -3.77. The fraction of sp³-hybridized carbons (Fsp3) is 0.591. The van der Waals surface area contributed by atoms with E-state index in [1.54, 1.807) is 17.0 Å². The van der Waals surface area contributed by atoms with Crippen LogP contribution in [0.15, 0.2) is 29.2 Å². The molecule has 3 heterocycles. The summed E-state index contributed by atoms with van der Waals surface area (Å²) >= 11 is 0. The molecule has 0 spiro atoms. The average molecular weight is 475 g/mol. The molecule has 2 bridgehead atoms. The van der Waals surface area contributed by atoms with Crippen LogP contribution in [0, 0.1) is 17.2 Å². The number of piperazine rings is 1. The summed E-state index contributed by atoms with van der Waals surface area (Å²) in [4.78, 5) is 31.4. The smallest absolute Gasteiger partial charge is 0.241 e. The Morgan fingerprint density at radius 1 is 1.24 bits per heavy atom. The van der Waals surface area contributed by atoms with E-state index in [4.69, 9.17) is 10.9 Å². The van der Waals surface area contributed by atoms with Gasteiger partial charge in [-0.15, -0.1) is 0 Å². The Balaban J connectivity index is 1.39. The number of hydrogen-bond donors (Lipinski definition) is 2. The lowest BCUT2D eigenvalue weighted by Gasteiger charge is -2.38. The van der Waals surface area contributed by atoms with Crippen LogP contribution < -0.4 is 10.9 Å². The van der Waals surface area contributed by atoms with Crippen molar-refractivity contribution >= 4 is 21.8 Å². The van der Waals surface area contributed by atoms with Crippen LogP contribution in [0.3, 0.4) is 0 Å². The van der Waals surface area contributed by atoms with Crippen LogP contribution in [0.25, 0.3) is 0 Å². The average Bonchev–Trinajstić information content (AvgIpc) is 3.44. The van der Waals surface area contributed by atoms with E-state index < -0.39 is 22.1 Å². The van der Waals surface area contributed by atoms with Crippen molar-refractivity contribution in [1.82, 2.24) is 14.7 Å². The third kappa shape index (κ3) is 4.36. The van der Waals surface area contributed by atoms with Gasteiger partial charge in [-0.2, -0.15) is 5.26 Å². The Morgan fingerprint density at radius 3 is 2.48 bits per heavy atom. The quantitative estimate of drug-likeness (QED) is 0.577. The molecule has 1 aromatic carbocycles. The van der Waals surface area contributed by atoms with E-state index in [1.165, 1.54) is 12.1 Å². The van der Waals surface area contributed by atoms with Crippen molar-refractivity contribution in [3.05, 3.63) is 29.8 Å². The van der Waals surface area contributed by atoms with Crippen molar-refractivity contribution in [2.45, 2.75) is 61.8 Å². The van der Waals surface area contributed by atoms with Gasteiger partial charge in [0.25, 0.3) is 0 Å². The molecule has 11 heteroatoms. The Kier molecular flexibility index (Phi) is 6.22. The van der Waals surface area contributed by atoms with Gasteiger partial charge in [-0.05, 0) is 43.4 Å². The first-order valence-corrected chi connectivity index (χ1v) is 12.7. The van der Waals surface area contributed by atoms with Crippen molar-refractivity contribution in [2.75, 3.05) is 19.6 Å². The number of sulfonamides is 1.